The summed E-state index contributed by atoms with van der Waals surface area (Å²) in [4.78, 5) is 23.9. The number of rotatable bonds is 4. The first-order valence-electron chi connectivity index (χ1n) is 5.90. The Morgan fingerprint density at radius 3 is 2.75 bits per heavy atom. The van der Waals surface area contributed by atoms with Crippen LogP contribution in [-0.4, -0.2) is 33.9 Å². The SMILES string of the molecule is CCC(=O)c1cnn(-c2ccc(C(=O)OC)c(F)c2)n1. The molecular formula is C13H12FN3O3. The molecule has 0 unspecified atom stereocenters. The molecule has 0 bridgehead atoms. The number of carbonyl (C=O) groups is 2. The van der Waals surface area contributed by atoms with Gasteiger partial charge >= 0.3 is 5.97 Å². The van der Waals surface area contributed by atoms with Gasteiger partial charge in [0.25, 0.3) is 0 Å². The summed E-state index contributed by atoms with van der Waals surface area (Å²) in [5.41, 5.74) is 0.350. The summed E-state index contributed by atoms with van der Waals surface area (Å²) in [6.07, 6.45) is 1.63. The summed E-state index contributed by atoms with van der Waals surface area (Å²) >= 11 is 0. The largest absolute Gasteiger partial charge is 0.465 e. The van der Waals surface area contributed by atoms with E-state index in [-0.39, 0.29) is 17.0 Å². The number of Topliss-reactive ketones (excluding diaryl/α,β-unsaturated/α-hetero) is 1. The van der Waals surface area contributed by atoms with Crippen LogP contribution in [0.1, 0.15) is 34.2 Å². The van der Waals surface area contributed by atoms with Crippen LogP contribution in [0.15, 0.2) is 24.4 Å². The number of nitrogens with zero attached hydrogens (tertiary/aromatic N) is 3. The zero-order valence-corrected chi connectivity index (χ0v) is 11.0. The predicted octanol–water partition coefficient (Wildman–Crippen LogP) is 1.79. The Morgan fingerprint density at radius 2 is 2.15 bits per heavy atom. The zero-order chi connectivity index (χ0) is 14.7. The topological polar surface area (TPSA) is 74.1 Å². The second-order valence-electron chi connectivity index (χ2n) is 3.95. The lowest BCUT2D eigenvalue weighted by Gasteiger charge is -2.03. The van der Waals surface area contributed by atoms with E-state index in [1.54, 1.807) is 6.92 Å². The third-order valence-electron chi connectivity index (χ3n) is 2.69. The fourth-order valence-electron chi connectivity index (χ4n) is 1.60. The summed E-state index contributed by atoms with van der Waals surface area (Å²) in [7, 11) is 1.17. The maximum atomic E-state index is 13.8. The molecule has 0 saturated carbocycles. The molecule has 20 heavy (non-hydrogen) atoms. The Labute approximate surface area is 114 Å². The smallest absolute Gasteiger partial charge is 0.340 e. The van der Waals surface area contributed by atoms with Gasteiger partial charge in [-0.1, -0.05) is 6.92 Å². The molecule has 0 saturated heterocycles. The first kappa shape index (κ1) is 13.9. The molecule has 2 rings (SSSR count). The number of hydrogen-bond donors (Lipinski definition) is 0. The molecular weight excluding hydrogens is 265 g/mol. The lowest BCUT2D eigenvalue weighted by molar-refractivity contribution is 0.0595. The van der Waals surface area contributed by atoms with E-state index < -0.39 is 11.8 Å². The fourth-order valence-corrected chi connectivity index (χ4v) is 1.60. The number of esters is 1. The maximum Gasteiger partial charge on any atom is 0.340 e. The van der Waals surface area contributed by atoms with Crippen LogP contribution in [0.25, 0.3) is 5.69 Å². The Hall–Kier alpha value is -2.57. The van der Waals surface area contributed by atoms with E-state index in [1.807, 2.05) is 0 Å². The molecule has 0 aliphatic carbocycles. The maximum absolute atomic E-state index is 13.8. The highest BCUT2D eigenvalue weighted by Crippen LogP contribution is 2.14. The molecule has 0 N–H and O–H groups in total. The van der Waals surface area contributed by atoms with Gasteiger partial charge in [0.15, 0.2) is 5.78 Å². The number of benzene rings is 1. The van der Waals surface area contributed by atoms with Gasteiger partial charge in [0.05, 0.1) is 24.6 Å². The minimum atomic E-state index is -0.760. The minimum absolute atomic E-state index is 0.150. The van der Waals surface area contributed by atoms with Crippen molar-refractivity contribution in [1.82, 2.24) is 15.0 Å². The highest BCUT2D eigenvalue weighted by Gasteiger charge is 2.14. The molecule has 0 aliphatic heterocycles. The molecule has 2 aromatic rings. The molecule has 1 aromatic carbocycles. The molecule has 0 fully saturated rings. The van der Waals surface area contributed by atoms with Crippen LogP contribution in [0.4, 0.5) is 4.39 Å². The summed E-state index contributed by atoms with van der Waals surface area (Å²) in [6, 6.07) is 3.85. The molecule has 0 atom stereocenters. The molecule has 0 amide bonds. The number of hydrogen-bond acceptors (Lipinski definition) is 5. The van der Waals surface area contributed by atoms with E-state index in [0.29, 0.717) is 12.1 Å². The number of carbonyl (C=O) groups excluding carboxylic acids is 2. The molecule has 6 nitrogen and oxygen atoms in total. The van der Waals surface area contributed by atoms with E-state index >= 15 is 0 Å². The van der Waals surface area contributed by atoms with Crippen LogP contribution in [0.2, 0.25) is 0 Å². The van der Waals surface area contributed by atoms with E-state index in [0.717, 1.165) is 10.9 Å². The standard InChI is InChI=1S/C13H12FN3O3/c1-3-12(18)11-7-15-17(16-11)8-4-5-9(10(14)6-8)13(19)20-2/h4-7H,3H2,1-2H3. The number of aromatic nitrogens is 3. The highest BCUT2D eigenvalue weighted by molar-refractivity contribution is 5.93. The van der Waals surface area contributed by atoms with Crippen LogP contribution in [0.3, 0.4) is 0 Å². The number of ketones is 1. The van der Waals surface area contributed by atoms with Gasteiger partial charge in [-0.25, -0.2) is 9.18 Å². The molecule has 0 spiro atoms. The Bertz CT molecular complexity index is 667. The molecule has 0 radical (unpaired) electrons. The first-order chi connectivity index (χ1) is 9.56. The van der Waals surface area contributed by atoms with Gasteiger partial charge < -0.3 is 4.74 Å². The van der Waals surface area contributed by atoms with Gasteiger partial charge in [0.1, 0.15) is 11.5 Å². The van der Waals surface area contributed by atoms with E-state index in [9.17, 15) is 14.0 Å². The van der Waals surface area contributed by atoms with Gasteiger partial charge in [0, 0.05) is 12.5 Å². The van der Waals surface area contributed by atoms with Gasteiger partial charge in [-0.15, -0.1) is 5.10 Å². The van der Waals surface area contributed by atoms with Crippen molar-refractivity contribution in [3.05, 3.63) is 41.5 Å². The lowest BCUT2D eigenvalue weighted by atomic mass is 10.2. The molecule has 1 aromatic heterocycles. The summed E-state index contributed by atoms with van der Waals surface area (Å²) < 4.78 is 18.2. The van der Waals surface area contributed by atoms with Crippen molar-refractivity contribution in [3.8, 4) is 5.69 Å². The number of ether oxygens (including phenoxy) is 1. The monoisotopic (exact) mass is 277 g/mol. The third-order valence-corrected chi connectivity index (χ3v) is 2.69. The normalized spacial score (nSPS) is 10.3. The van der Waals surface area contributed by atoms with E-state index in [2.05, 4.69) is 14.9 Å². The zero-order valence-electron chi connectivity index (χ0n) is 11.0. The van der Waals surface area contributed by atoms with Gasteiger partial charge in [0.2, 0.25) is 0 Å². The van der Waals surface area contributed by atoms with Crippen LogP contribution in [0.5, 0.6) is 0 Å². The van der Waals surface area contributed by atoms with E-state index in [1.165, 1.54) is 25.4 Å². The Morgan fingerprint density at radius 1 is 1.40 bits per heavy atom. The van der Waals surface area contributed by atoms with E-state index in [4.69, 9.17) is 0 Å². The second-order valence-corrected chi connectivity index (χ2v) is 3.95. The van der Waals surface area contributed by atoms with Crippen LogP contribution in [0, 0.1) is 5.82 Å². The van der Waals surface area contributed by atoms with Crippen molar-refractivity contribution in [3.63, 3.8) is 0 Å². The molecule has 0 aliphatic rings. The van der Waals surface area contributed by atoms with Crippen molar-refractivity contribution in [1.29, 1.82) is 0 Å². The minimum Gasteiger partial charge on any atom is -0.465 e. The van der Waals surface area contributed by atoms with Crippen molar-refractivity contribution >= 4 is 11.8 Å². The predicted molar refractivity (Wildman–Crippen MR) is 67.3 cm³/mol. The highest BCUT2D eigenvalue weighted by atomic mass is 19.1. The summed E-state index contributed by atoms with van der Waals surface area (Å²) in [5.74, 6) is -1.65. The van der Waals surface area contributed by atoms with Crippen LogP contribution < -0.4 is 0 Å². The van der Waals surface area contributed by atoms with Crippen molar-refractivity contribution in [2.24, 2.45) is 0 Å². The molecule has 104 valence electrons. The van der Waals surface area contributed by atoms with Crippen LogP contribution >= 0.6 is 0 Å². The quantitative estimate of drug-likeness (QED) is 0.629. The second kappa shape index (κ2) is 5.60. The van der Waals surface area contributed by atoms with Crippen molar-refractivity contribution in [2.75, 3.05) is 7.11 Å². The molecule has 1 heterocycles. The average molecular weight is 277 g/mol. The average Bonchev–Trinajstić information content (AvgIpc) is 2.95. The lowest BCUT2D eigenvalue weighted by Crippen LogP contribution is -2.07. The first-order valence-corrected chi connectivity index (χ1v) is 5.90. The van der Waals surface area contributed by atoms with Crippen LogP contribution in [-0.2, 0) is 4.74 Å². The molecule has 7 heteroatoms. The van der Waals surface area contributed by atoms with Crippen molar-refractivity contribution in [2.45, 2.75) is 13.3 Å². The third kappa shape index (κ3) is 2.56. The fraction of sp³-hybridized carbons (Fsp3) is 0.231. The number of halogens is 1. The summed E-state index contributed by atoms with van der Waals surface area (Å²) in [6.45, 7) is 1.71. The van der Waals surface area contributed by atoms with Crippen molar-refractivity contribution < 1.29 is 18.7 Å². The Balaban J connectivity index is 2.34. The number of methoxy groups -OCH3 is 1. The summed E-state index contributed by atoms with van der Waals surface area (Å²) in [5, 5.41) is 7.85. The van der Waals surface area contributed by atoms with Gasteiger partial charge in [-0.2, -0.15) is 9.90 Å². The van der Waals surface area contributed by atoms with Gasteiger partial charge in [-0.05, 0) is 12.1 Å². The van der Waals surface area contributed by atoms with Gasteiger partial charge in [-0.3, -0.25) is 4.79 Å². The Kier molecular flexibility index (Phi) is 3.88.